The fourth-order valence-corrected chi connectivity index (χ4v) is 2.20. The summed E-state index contributed by atoms with van der Waals surface area (Å²) in [5.41, 5.74) is 7.21. The Kier molecular flexibility index (Phi) is 4.74. The predicted octanol–water partition coefficient (Wildman–Crippen LogP) is 1.27. The third-order valence-electron chi connectivity index (χ3n) is 3.45. The number of nitrogens with two attached hydrogens (primary N) is 1. The van der Waals surface area contributed by atoms with Gasteiger partial charge in [-0.3, -0.25) is 9.59 Å². The standard InChI is InChI=1S/C15H20N2O3/c16-9-7-11-1-3-12(4-2-11)15(20)17(13-5-6-13)10-8-14(18)19/h1-4,13H,5-10,16H2,(H,18,19). The molecule has 20 heavy (non-hydrogen) atoms. The Balaban J connectivity index is 2.04. The van der Waals surface area contributed by atoms with E-state index in [4.69, 9.17) is 10.8 Å². The molecule has 0 aromatic heterocycles. The van der Waals surface area contributed by atoms with Gasteiger partial charge in [0.1, 0.15) is 0 Å². The third kappa shape index (κ3) is 3.81. The minimum atomic E-state index is -0.873. The Morgan fingerprint density at radius 1 is 1.25 bits per heavy atom. The maximum atomic E-state index is 12.4. The number of aliphatic carboxylic acids is 1. The molecule has 1 aliphatic rings. The second-order valence-electron chi connectivity index (χ2n) is 5.11. The van der Waals surface area contributed by atoms with E-state index >= 15 is 0 Å². The number of hydrogen-bond acceptors (Lipinski definition) is 3. The van der Waals surface area contributed by atoms with E-state index in [1.54, 1.807) is 17.0 Å². The molecule has 3 N–H and O–H groups in total. The number of carbonyl (C=O) groups excluding carboxylic acids is 1. The molecule has 1 saturated carbocycles. The Morgan fingerprint density at radius 2 is 1.90 bits per heavy atom. The van der Waals surface area contributed by atoms with Crippen molar-refractivity contribution in [3.8, 4) is 0 Å². The number of nitrogens with zero attached hydrogens (tertiary/aromatic N) is 1. The van der Waals surface area contributed by atoms with Gasteiger partial charge in [0, 0.05) is 18.2 Å². The van der Waals surface area contributed by atoms with E-state index in [0.717, 1.165) is 24.8 Å². The van der Waals surface area contributed by atoms with E-state index in [-0.39, 0.29) is 24.9 Å². The average Bonchev–Trinajstić information content (AvgIpc) is 3.24. The lowest BCUT2D eigenvalue weighted by molar-refractivity contribution is -0.137. The molecule has 0 aliphatic heterocycles. The van der Waals surface area contributed by atoms with Crippen LogP contribution >= 0.6 is 0 Å². The summed E-state index contributed by atoms with van der Waals surface area (Å²) < 4.78 is 0. The van der Waals surface area contributed by atoms with Crippen LogP contribution in [-0.2, 0) is 11.2 Å². The number of rotatable bonds is 7. The first-order valence-corrected chi connectivity index (χ1v) is 6.93. The van der Waals surface area contributed by atoms with Crippen molar-refractivity contribution >= 4 is 11.9 Å². The van der Waals surface area contributed by atoms with E-state index in [0.29, 0.717) is 12.1 Å². The molecule has 5 nitrogen and oxygen atoms in total. The highest BCUT2D eigenvalue weighted by atomic mass is 16.4. The molecule has 5 heteroatoms. The summed E-state index contributed by atoms with van der Waals surface area (Å²) in [7, 11) is 0. The Bertz CT molecular complexity index is 480. The first-order valence-electron chi connectivity index (χ1n) is 6.93. The quantitative estimate of drug-likeness (QED) is 0.785. The minimum absolute atomic E-state index is 0.00645. The molecule has 1 aromatic rings. The molecule has 0 heterocycles. The molecule has 108 valence electrons. The second-order valence-corrected chi connectivity index (χ2v) is 5.11. The van der Waals surface area contributed by atoms with Gasteiger partial charge in [0.25, 0.3) is 5.91 Å². The number of amides is 1. The SMILES string of the molecule is NCCc1ccc(C(=O)N(CCC(=O)O)C2CC2)cc1. The summed E-state index contributed by atoms with van der Waals surface area (Å²) in [4.78, 5) is 24.8. The number of carboxylic acids is 1. The molecule has 0 radical (unpaired) electrons. The highest BCUT2D eigenvalue weighted by Crippen LogP contribution is 2.28. The number of carbonyl (C=O) groups is 2. The Hall–Kier alpha value is -1.88. The lowest BCUT2D eigenvalue weighted by Gasteiger charge is -2.21. The summed E-state index contributed by atoms with van der Waals surface area (Å²) in [6.07, 6.45) is 2.72. The van der Waals surface area contributed by atoms with Crippen molar-refractivity contribution in [2.24, 2.45) is 5.73 Å². The summed E-state index contributed by atoms with van der Waals surface area (Å²) in [5, 5.41) is 8.76. The van der Waals surface area contributed by atoms with Gasteiger partial charge in [-0.15, -0.1) is 0 Å². The highest BCUT2D eigenvalue weighted by molar-refractivity contribution is 5.94. The predicted molar refractivity (Wildman–Crippen MR) is 75.5 cm³/mol. The molecule has 0 saturated heterocycles. The first-order chi connectivity index (χ1) is 9.61. The van der Waals surface area contributed by atoms with Crippen LogP contribution in [0.1, 0.15) is 35.2 Å². The summed E-state index contributed by atoms with van der Waals surface area (Å²) in [5.74, 6) is -0.949. The minimum Gasteiger partial charge on any atom is -0.481 e. The zero-order chi connectivity index (χ0) is 14.5. The molecule has 1 aliphatic carbocycles. The monoisotopic (exact) mass is 276 g/mol. The summed E-state index contributed by atoms with van der Waals surface area (Å²) >= 11 is 0. The van der Waals surface area contributed by atoms with Gasteiger partial charge in [-0.2, -0.15) is 0 Å². The van der Waals surface area contributed by atoms with Crippen LogP contribution in [-0.4, -0.2) is 41.0 Å². The van der Waals surface area contributed by atoms with E-state index in [9.17, 15) is 9.59 Å². The molecular formula is C15H20N2O3. The van der Waals surface area contributed by atoms with Gasteiger partial charge in [0.2, 0.25) is 0 Å². The van der Waals surface area contributed by atoms with Gasteiger partial charge in [-0.05, 0) is 43.5 Å². The van der Waals surface area contributed by atoms with Gasteiger partial charge < -0.3 is 15.7 Å². The molecule has 1 aromatic carbocycles. The fourth-order valence-electron chi connectivity index (χ4n) is 2.20. The van der Waals surface area contributed by atoms with Crippen molar-refractivity contribution in [3.63, 3.8) is 0 Å². The molecule has 0 bridgehead atoms. The van der Waals surface area contributed by atoms with Crippen molar-refractivity contribution in [2.45, 2.75) is 31.7 Å². The fraction of sp³-hybridized carbons (Fsp3) is 0.467. The average molecular weight is 276 g/mol. The lowest BCUT2D eigenvalue weighted by atomic mass is 10.1. The molecule has 0 atom stereocenters. The van der Waals surface area contributed by atoms with Crippen LogP contribution in [0.2, 0.25) is 0 Å². The first kappa shape index (κ1) is 14.5. The van der Waals surface area contributed by atoms with Crippen LogP contribution in [0.25, 0.3) is 0 Å². The van der Waals surface area contributed by atoms with E-state index in [2.05, 4.69) is 0 Å². The molecule has 2 rings (SSSR count). The van der Waals surface area contributed by atoms with Crippen LogP contribution < -0.4 is 5.73 Å². The second kappa shape index (κ2) is 6.52. The maximum absolute atomic E-state index is 12.4. The van der Waals surface area contributed by atoms with Crippen LogP contribution in [0, 0.1) is 0 Å². The molecule has 0 unspecified atom stereocenters. The zero-order valence-corrected chi connectivity index (χ0v) is 11.4. The van der Waals surface area contributed by atoms with E-state index in [1.807, 2.05) is 12.1 Å². The van der Waals surface area contributed by atoms with Crippen molar-refractivity contribution in [3.05, 3.63) is 35.4 Å². The smallest absolute Gasteiger partial charge is 0.305 e. The van der Waals surface area contributed by atoms with Crippen LogP contribution in [0.15, 0.2) is 24.3 Å². The van der Waals surface area contributed by atoms with Gasteiger partial charge in [0.15, 0.2) is 0 Å². The number of benzene rings is 1. The normalized spacial score (nSPS) is 14.1. The van der Waals surface area contributed by atoms with Gasteiger partial charge >= 0.3 is 5.97 Å². The van der Waals surface area contributed by atoms with Crippen LogP contribution in [0.4, 0.5) is 0 Å². The van der Waals surface area contributed by atoms with E-state index in [1.165, 1.54) is 0 Å². The Labute approximate surface area is 118 Å². The number of carboxylic acid groups (broad SMARTS) is 1. The van der Waals surface area contributed by atoms with Crippen molar-refractivity contribution < 1.29 is 14.7 Å². The molecular weight excluding hydrogens is 256 g/mol. The maximum Gasteiger partial charge on any atom is 0.305 e. The summed E-state index contributed by atoms with van der Waals surface area (Å²) in [6, 6.07) is 7.61. The topological polar surface area (TPSA) is 83.6 Å². The highest BCUT2D eigenvalue weighted by Gasteiger charge is 2.33. The van der Waals surface area contributed by atoms with Gasteiger partial charge in [0.05, 0.1) is 6.42 Å². The van der Waals surface area contributed by atoms with Crippen LogP contribution in [0.5, 0.6) is 0 Å². The van der Waals surface area contributed by atoms with Crippen molar-refractivity contribution in [1.82, 2.24) is 4.90 Å². The number of hydrogen-bond donors (Lipinski definition) is 2. The van der Waals surface area contributed by atoms with Crippen molar-refractivity contribution in [2.75, 3.05) is 13.1 Å². The molecule has 1 fully saturated rings. The largest absolute Gasteiger partial charge is 0.481 e. The Morgan fingerprint density at radius 3 is 2.40 bits per heavy atom. The molecule has 0 spiro atoms. The van der Waals surface area contributed by atoms with E-state index < -0.39 is 5.97 Å². The molecule has 1 amide bonds. The van der Waals surface area contributed by atoms with Gasteiger partial charge in [-0.25, -0.2) is 0 Å². The van der Waals surface area contributed by atoms with Gasteiger partial charge in [-0.1, -0.05) is 12.1 Å². The lowest BCUT2D eigenvalue weighted by Crippen LogP contribution is -2.35. The summed E-state index contributed by atoms with van der Waals surface area (Å²) in [6.45, 7) is 0.865. The van der Waals surface area contributed by atoms with Crippen molar-refractivity contribution in [1.29, 1.82) is 0 Å². The van der Waals surface area contributed by atoms with Crippen LogP contribution in [0.3, 0.4) is 0 Å². The third-order valence-corrected chi connectivity index (χ3v) is 3.45. The zero-order valence-electron chi connectivity index (χ0n) is 11.4.